The van der Waals surface area contributed by atoms with Crippen LogP contribution in [0, 0.1) is 0 Å². The molecule has 1 fully saturated rings. The number of amides is 1. The van der Waals surface area contributed by atoms with Gasteiger partial charge in [0.1, 0.15) is 29.4 Å². The minimum Gasteiger partial charge on any atom is -0.497 e. The quantitative estimate of drug-likeness (QED) is 0.797. The zero-order valence-corrected chi connectivity index (χ0v) is 15.7. The van der Waals surface area contributed by atoms with Crippen LogP contribution in [0.4, 0.5) is 0 Å². The van der Waals surface area contributed by atoms with Gasteiger partial charge in [-0.25, -0.2) is 0 Å². The van der Waals surface area contributed by atoms with Gasteiger partial charge in [-0.3, -0.25) is 9.78 Å². The fourth-order valence-electron chi connectivity index (χ4n) is 3.50. The molecule has 3 rings (SSSR count). The Morgan fingerprint density at radius 1 is 1.22 bits per heavy atom. The van der Waals surface area contributed by atoms with Crippen molar-refractivity contribution in [2.75, 3.05) is 21.2 Å². The van der Waals surface area contributed by atoms with Crippen molar-refractivity contribution in [3.8, 4) is 11.5 Å². The third-order valence-corrected chi connectivity index (χ3v) is 4.77. The van der Waals surface area contributed by atoms with Gasteiger partial charge in [0, 0.05) is 18.7 Å². The lowest BCUT2D eigenvalue weighted by Crippen LogP contribution is -2.50. The van der Waals surface area contributed by atoms with Crippen molar-refractivity contribution in [3.05, 3.63) is 54.4 Å². The van der Waals surface area contributed by atoms with Crippen molar-refractivity contribution < 1.29 is 19.4 Å². The Labute approximate surface area is 158 Å². The standard InChI is InChI=1S/C20H25N3O4/c1-23(2)18-16(22-20(25)15-9-4-5-10-21-15)12-17(19(18)24)27-14-8-6-7-13(11-14)26-3/h4-11,16-19,24H,12H2,1-3H3,(H,22,25)/t16-,17-,18+,19+/m1/s1. The van der Waals surface area contributed by atoms with Crippen LogP contribution < -0.4 is 14.8 Å². The zero-order chi connectivity index (χ0) is 19.4. The summed E-state index contributed by atoms with van der Waals surface area (Å²) in [4.78, 5) is 18.5. The first-order chi connectivity index (χ1) is 13.0. The van der Waals surface area contributed by atoms with Crippen molar-refractivity contribution in [2.24, 2.45) is 0 Å². The lowest BCUT2D eigenvalue weighted by atomic mass is 10.1. The van der Waals surface area contributed by atoms with E-state index in [4.69, 9.17) is 9.47 Å². The van der Waals surface area contributed by atoms with Gasteiger partial charge in [-0.15, -0.1) is 0 Å². The number of rotatable bonds is 6. The van der Waals surface area contributed by atoms with Gasteiger partial charge in [-0.05, 0) is 38.4 Å². The van der Waals surface area contributed by atoms with Gasteiger partial charge in [0.25, 0.3) is 5.91 Å². The van der Waals surface area contributed by atoms with E-state index in [9.17, 15) is 9.90 Å². The first-order valence-electron chi connectivity index (χ1n) is 8.86. The number of methoxy groups -OCH3 is 1. The monoisotopic (exact) mass is 371 g/mol. The summed E-state index contributed by atoms with van der Waals surface area (Å²) in [6.45, 7) is 0. The van der Waals surface area contributed by atoms with E-state index in [0.29, 0.717) is 23.6 Å². The van der Waals surface area contributed by atoms with Crippen molar-refractivity contribution in [1.29, 1.82) is 0 Å². The number of aliphatic hydroxyl groups is 1. The predicted octanol–water partition coefficient (Wildman–Crippen LogP) is 1.33. The molecule has 0 spiro atoms. The van der Waals surface area contributed by atoms with Crippen LogP contribution in [0.2, 0.25) is 0 Å². The maximum atomic E-state index is 12.5. The molecule has 1 amide bonds. The molecule has 27 heavy (non-hydrogen) atoms. The van der Waals surface area contributed by atoms with Gasteiger partial charge < -0.3 is 24.8 Å². The number of nitrogens with zero attached hydrogens (tertiary/aromatic N) is 2. The second kappa shape index (κ2) is 8.37. The summed E-state index contributed by atoms with van der Waals surface area (Å²) in [6.07, 6.45) is 0.870. The number of nitrogens with one attached hydrogen (secondary N) is 1. The second-order valence-corrected chi connectivity index (χ2v) is 6.81. The number of hydrogen-bond acceptors (Lipinski definition) is 6. The van der Waals surface area contributed by atoms with Gasteiger partial charge in [-0.1, -0.05) is 12.1 Å². The molecule has 7 heteroatoms. The third kappa shape index (κ3) is 4.37. The molecule has 0 saturated heterocycles. The predicted molar refractivity (Wildman–Crippen MR) is 101 cm³/mol. The van der Waals surface area contributed by atoms with Gasteiger partial charge in [0.15, 0.2) is 0 Å². The number of benzene rings is 1. The van der Waals surface area contributed by atoms with Gasteiger partial charge in [0.05, 0.1) is 19.2 Å². The van der Waals surface area contributed by atoms with Crippen LogP contribution in [0.3, 0.4) is 0 Å². The molecule has 0 radical (unpaired) electrons. The van der Waals surface area contributed by atoms with E-state index in [2.05, 4.69) is 10.3 Å². The fraction of sp³-hybridized carbons (Fsp3) is 0.400. The van der Waals surface area contributed by atoms with Crippen molar-refractivity contribution in [3.63, 3.8) is 0 Å². The van der Waals surface area contributed by atoms with Gasteiger partial charge >= 0.3 is 0 Å². The molecule has 2 N–H and O–H groups in total. The van der Waals surface area contributed by atoms with E-state index in [1.54, 1.807) is 37.6 Å². The first-order valence-corrected chi connectivity index (χ1v) is 8.86. The Hall–Kier alpha value is -2.64. The molecule has 1 aliphatic carbocycles. The Balaban J connectivity index is 1.73. The highest BCUT2D eigenvalue weighted by Crippen LogP contribution is 2.29. The number of pyridine rings is 1. The Morgan fingerprint density at radius 2 is 2.00 bits per heavy atom. The number of carbonyl (C=O) groups excluding carboxylic acids is 1. The smallest absolute Gasteiger partial charge is 0.270 e. The molecule has 1 saturated carbocycles. The summed E-state index contributed by atoms with van der Waals surface area (Å²) in [5.74, 6) is 1.04. The molecule has 0 aliphatic heterocycles. The van der Waals surface area contributed by atoms with E-state index in [1.807, 2.05) is 37.2 Å². The molecular weight excluding hydrogens is 346 g/mol. The summed E-state index contributed by atoms with van der Waals surface area (Å²) in [7, 11) is 5.35. The average Bonchev–Trinajstić information content (AvgIpc) is 2.97. The Bertz CT molecular complexity index is 769. The van der Waals surface area contributed by atoms with Crippen LogP contribution in [0.1, 0.15) is 16.9 Å². The van der Waals surface area contributed by atoms with E-state index in [1.165, 1.54) is 0 Å². The van der Waals surface area contributed by atoms with Gasteiger partial charge in [-0.2, -0.15) is 0 Å². The molecule has 2 aromatic rings. The molecule has 0 bridgehead atoms. The lowest BCUT2D eigenvalue weighted by molar-refractivity contribution is 0.0209. The van der Waals surface area contributed by atoms with Crippen molar-refractivity contribution >= 4 is 5.91 Å². The van der Waals surface area contributed by atoms with E-state index < -0.39 is 12.2 Å². The van der Waals surface area contributed by atoms with Crippen LogP contribution in [0.25, 0.3) is 0 Å². The lowest BCUT2D eigenvalue weighted by Gasteiger charge is -2.29. The maximum absolute atomic E-state index is 12.5. The molecule has 1 aromatic heterocycles. The fourth-order valence-corrected chi connectivity index (χ4v) is 3.50. The van der Waals surface area contributed by atoms with Crippen LogP contribution in [0.5, 0.6) is 11.5 Å². The van der Waals surface area contributed by atoms with Crippen molar-refractivity contribution in [1.82, 2.24) is 15.2 Å². The highest BCUT2D eigenvalue weighted by atomic mass is 16.5. The molecule has 4 atom stereocenters. The number of aromatic nitrogens is 1. The summed E-state index contributed by atoms with van der Waals surface area (Å²) < 4.78 is 11.2. The third-order valence-electron chi connectivity index (χ3n) is 4.77. The minimum atomic E-state index is -0.750. The number of likely N-dealkylation sites (N-methyl/N-ethyl adjacent to an activating group) is 1. The summed E-state index contributed by atoms with van der Waals surface area (Å²) in [5.41, 5.74) is 0.349. The first kappa shape index (κ1) is 19.1. The second-order valence-electron chi connectivity index (χ2n) is 6.81. The van der Waals surface area contributed by atoms with E-state index in [0.717, 1.165) is 0 Å². The van der Waals surface area contributed by atoms with Crippen LogP contribution in [0.15, 0.2) is 48.7 Å². The number of hydrogen-bond donors (Lipinski definition) is 2. The van der Waals surface area contributed by atoms with E-state index >= 15 is 0 Å². The van der Waals surface area contributed by atoms with Crippen LogP contribution >= 0.6 is 0 Å². The highest BCUT2D eigenvalue weighted by molar-refractivity contribution is 5.92. The molecule has 1 heterocycles. The average molecular weight is 371 g/mol. The van der Waals surface area contributed by atoms with Gasteiger partial charge in [0.2, 0.25) is 0 Å². The normalized spacial score (nSPS) is 24.6. The minimum absolute atomic E-state index is 0.262. The summed E-state index contributed by atoms with van der Waals surface area (Å²) in [6, 6.07) is 11.9. The number of carbonyl (C=O) groups is 1. The van der Waals surface area contributed by atoms with Crippen molar-refractivity contribution in [2.45, 2.75) is 30.7 Å². The largest absolute Gasteiger partial charge is 0.497 e. The number of ether oxygens (including phenoxy) is 2. The SMILES string of the molecule is COc1cccc(O[C@@H]2C[C@@H](NC(=O)c3ccccn3)[C@H](N(C)C)[C@H]2O)c1. The molecule has 0 unspecified atom stereocenters. The summed E-state index contributed by atoms with van der Waals surface area (Å²) in [5, 5.41) is 13.8. The Morgan fingerprint density at radius 3 is 2.67 bits per heavy atom. The van der Waals surface area contributed by atoms with Crippen LogP contribution in [-0.2, 0) is 0 Å². The molecule has 1 aromatic carbocycles. The topological polar surface area (TPSA) is 83.9 Å². The highest BCUT2D eigenvalue weighted by Gasteiger charge is 2.45. The Kier molecular flexibility index (Phi) is 5.93. The van der Waals surface area contributed by atoms with E-state index in [-0.39, 0.29) is 18.0 Å². The summed E-state index contributed by atoms with van der Waals surface area (Å²) >= 11 is 0. The molecule has 7 nitrogen and oxygen atoms in total. The van der Waals surface area contributed by atoms with Crippen LogP contribution in [-0.4, -0.2) is 66.4 Å². The molecular formula is C20H25N3O4. The molecule has 1 aliphatic rings. The number of aliphatic hydroxyl groups excluding tert-OH is 1. The maximum Gasteiger partial charge on any atom is 0.270 e. The molecule has 144 valence electrons. The zero-order valence-electron chi connectivity index (χ0n) is 15.7.